The van der Waals surface area contributed by atoms with Crippen LogP contribution < -0.4 is 0 Å². The van der Waals surface area contributed by atoms with Crippen LogP contribution in [0.3, 0.4) is 0 Å². The molecule has 0 N–H and O–H groups in total. The van der Waals surface area contributed by atoms with Gasteiger partial charge in [0.05, 0.1) is 33.0 Å². The number of rotatable bonds is 18. The molecule has 0 radical (unpaired) electrons. The van der Waals surface area contributed by atoms with E-state index in [-0.39, 0.29) is 0 Å². The van der Waals surface area contributed by atoms with Gasteiger partial charge in [0.1, 0.15) is 30.5 Å². The van der Waals surface area contributed by atoms with Crippen LogP contribution in [0.2, 0.25) is 0 Å². The molecule has 286 valence electrons. The number of hydrogen-bond acceptors (Lipinski definition) is 5. The van der Waals surface area contributed by atoms with E-state index in [4.69, 9.17) is 23.7 Å². The standard InChI is InChI=1S/C51H52O5/c1-2-3-17-39-28-30-40(31-29-39)32-45-26-16-27-46(33-45)48-50(54-36-43-22-12-6-13-23-43)51(55-37-44-24-14-7-15-25-44)49(53-35-42-20-10-5-11-21-42)47(56-48)38-52-34-41-18-8-4-9-19-41/h3-31,33,47-51H,2,32,34-38H2,1H3/b17-3+/t47-,48+,49?,50+,51+/m1/s1. The lowest BCUT2D eigenvalue weighted by molar-refractivity contribution is -0.275. The molecule has 0 amide bonds. The van der Waals surface area contributed by atoms with Crippen LogP contribution in [-0.2, 0) is 56.5 Å². The summed E-state index contributed by atoms with van der Waals surface area (Å²) >= 11 is 0. The van der Waals surface area contributed by atoms with Gasteiger partial charge in [-0.3, -0.25) is 0 Å². The Hall–Kier alpha value is -5.14. The topological polar surface area (TPSA) is 46.2 Å². The average Bonchev–Trinajstić information content (AvgIpc) is 3.26. The van der Waals surface area contributed by atoms with E-state index in [1.54, 1.807) is 0 Å². The molecule has 5 nitrogen and oxygen atoms in total. The Morgan fingerprint density at radius 2 is 0.982 bits per heavy atom. The predicted octanol–water partition coefficient (Wildman–Crippen LogP) is 11.1. The second kappa shape index (κ2) is 20.7. The first-order valence-electron chi connectivity index (χ1n) is 19.8. The zero-order valence-electron chi connectivity index (χ0n) is 32.2. The monoisotopic (exact) mass is 744 g/mol. The molecule has 1 aliphatic heterocycles. The summed E-state index contributed by atoms with van der Waals surface area (Å²) in [5.74, 6) is 0. The van der Waals surface area contributed by atoms with E-state index in [9.17, 15) is 0 Å². The summed E-state index contributed by atoms with van der Waals surface area (Å²) in [6.07, 6.45) is 3.81. The second-order valence-electron chi connectivity index (χ2n) is 14.4. The van der Waals surface area contributed by atoms with E-state index >= 15 is 0 Å². The Kier molecular flexibility index (Phi) is 14.4. The van der Waals surface area contributed by atoms with Crippen LogP contribution in [0.5, 0.6) is 0 Å². The van der Waals surface area contributed by atoms with Gasteiger partial charge in [0, 0.05) is 0 Å². The van der Waals surface area contributed by atoms with Crippen LogP contribution in [0.1, 0.15) is 64.0 Å². The highest BCUT2D eigenvalue weighted by Gasteiger charge is 2.49. The third kappa shape index (κ3) is 11.2. The van der Waals surface area contributed by atoms with Gasteiger partial charge in [-0.2, -0.15) is 0 Å². The van der Waals surface area contributed by atoms with E-state index < -0.39 is 30.5 Å². The molecule has 56 heavy (non-hydrogen) atoms. The molecule has 0 saturated carbocycles. The molecule has 6 aromatic carbocycles. The van der Waals surface area contributed by atoms with E-state index in [2.05, 4.69) is 116 Å². The van der Waals surface area contributed by atoms with Gasteiger partial charge in [-0.05, 0) is 57.3 Å². The Bertz CT molecular complexity index is 2030. The van der Waals surface area contributed by atoms with Crippen molar-refractivity contribution in [2.75, 3.05) is 6.61 Å². The molecule has 0 bridgehead atoms. The molecule has 0 aromatic heterocycles. The van der Waals surface area contributed by atoms with Gasteiger partial charge in [0.15, 0.2) is 0 Å². The van der Waals surface area contributed by atoms with Crippen molar-refractivity contribution < 1.29 is 23.7 Å². The molecule has 6 aromatic rings. The van der Waals surface area contributed by atoms with Crippen molar-refractivity contribution >= 4 is 6.08 Å². The number of benzene rings is 6. The van der Waals surface area contributed by atoms with Gasteiger partial charge >= 0.3 is 0 Å². The normalized spacial score (nSPS) is 19.6. The Morgan fingerprint density at radius 1 is 0.482 bits per heavy atom. The quantitative estimate of drug-likeness (QED) is 0.0877. The van der Waals surface area contributed by atoms with Crippen molar-refractivity contribution in [1.82, 2.24) is 0 Å². The lowest BCUT2D eigenvalue weighted by atomic mass is 9.89. The summed E-state index contributed by atoms with van der Waals surface area (Å²) in [5.41, 5.74) is 9.03. The smallest absolute Gasteiger partial charge is 0.117 e. The van der Waals surface area contributed by atoms with Crippen molar-refractivity contribution in [3.63, 3.8) is 0 Å². The van der Waals surface area contributed by atoms with Gasteiger partial charge in [-0.15, -0.1) is 0 Å². The van der Waals surface area contributed by atoms with Crippen molar-refractivity contribution in [3.8, 4) is 0 Å². The van der Waals surface area contributed by atoms with Crippen LogP contribution in [0.25, 0.3) is 6.08 Å². The molecule has 5 heteroatoms. The summed E-state index contributed by atoms with van der Waals surface area (Å²) in [6, 6.07) is 58.6. The van der Waals surface area contributed by atoms with Crippen molar-refractivity contribution in [2.45, 2.75) is 76.7 Å². The molecular weight excluding hydrogens is 693 g/mol. The van der Waals surface area contributed by atoms with Crippen molar-refractivity contribution in [1.29, 1.82) is 0 Å². The minimum Gasteiger partial charge on any atom is -0.374 e. The minimum atomic E-state index is -0.495. The van der Waals surface area contributed by atoms with Gasteiger partial charge in [-0.25, -0.2) is 0 Å². The molecular formula is C51H52O5. The lowest BCUT2D eigenvalue weighted by Gasteiger charge is -2.46. The Balaban J connectivity index is 1.23. The molecule has 0 aliphatic carbocycles. The van der Waals surface area contributed by atoms with Crippen molar-refractivity contribution in [3.05, 3.63) is 220 Å². The van der Waals surface area contributed by atoms with Crippen LogP contribution in [0, 0.1) is 0 Å². The van der Waals surface area contributed by atoms with E-state index in [1.807, 2.05) is 72.8 Å². The molecule has 1 saturated heterocycles. The third-order valence-electron chi connectivity index (χ3n) is 10.1. The number of hydrogen-bond donors (Lipinski definition) is 0. The van der Waals surface area contributed by atoms with Crippen LogP contribution in [0.4, 0.5) is 0 Å². The molecule has 1 unspecified atom stereocenters. The maximum atomic E-state index is 7.19. The van der Waals surface area contributed by atoms with Gasteiger partial charge in [0.25, 0.3) is 0 Å². The minimum absolute atomic E-state index is 0.319. The first kappa shape index (κ1) is 39.1. The summed E-state index contributed by atoms with van der Waals surface area (Å²) in [4.78, 5) is 0. The third-order valence-corrected chi connectivity index (χ3v) is 10.1. The molecule has 5 atom stereocenters. The van der Waals surface area contributed by atoms with Gasteiger partial charge in [-0.1, -0.05) is 189 Å². The largest absolute Gasteiger partial charge is 0.374 e. The lowest BCUT2D eigenvalue weighted by Crippen LogP contribution is -2.58. The van der Waals surface area contributed by atoms with Crippen molar-refractivity contribution in [2.24, 2.45) is 0 Å². The average molecular weight is 745 g/mol. The van der Waals surface area contributed by atoms with E-state index in [0.29, 0.717) is 33.0 Å². The maximum Gasteiger partial charge on any atom is 0.117 e. The van der Waals surface area contributed by atoms with Gasteiger partial charge < -0.3 is 23.7 Å². The maximum absolute atomic E-state index is 7.19. The fourth-order valence-corrected chi connectivity index (χ4v) is 7.17. The Morgan fingerprint density at radius 3 is 1.54 bits per heavy atom. The summed E-state index contributed by atoms with van der Waals surface area (Å²) in [5, 5.41) is 0. The fraction of sp³-hybridized carbons (Fsp3) is 0.255. The van der Waals surface area contributed by atoms with Crippen LogP contribution >= 0.6 is 0 Å². The summed E-state index contributed by atoms with van der Waals surface area (Å²) in [6.45, 7) is 4.13. The highest BCUT2D eigenvalue weighted by Crippen LogP contribution is 2.39. The number of ether oxygens (including phenoxy) is 5. The first-order valence-corrected chi connectivity index (χ1v) is 19.8. The highest BCUT2D eigenvalue weighted by molar-refractivity contribution is 5.50. The Labute approximate surface area is 332 Å². The van der Waals surface area contributed by atoms with Gasteiger partial charge in [0.2, 0.25) is 0 Å². The number of allylic oxidation sites excluding steroid dienone is 1. The molecule has 1 aliphatic rings. The zero-order valence-corrected chi connectivity index (χ0v) is 32.2. The summed E-state index contributed by atoms with van der Waals surface area (Å²) in [7, 11) is 0. The fourth-order valence-electron chi connectivity index (χ4n) is 7.17. The molecule has 7 rings (SSSR count). The molecule has 1 fully saturated rings. The van der Waals surface area contributed by atoms with E-state index in [1.165, 1.54) is 16.7 Å². The molecule has 0 spiro atoms. The van der Waals surface area contributed by atoms with E-state index in [0.717, 1.165) is 40.7 Å². The predicted molar refractivity (Wildman–Crippen MR) is 224 cm³/mol. The summed E-state index contributed by atoms with van der Waals surface area (Å²) < 4.78 is 34.5. The molecule has 1 heterocycles. The van der Waals surface area contributed by atoms with Crippen LogP contribution in [-0.4, -0.2) is 31.0 Å². The second-order valence-corrected chi connectivity index (χ2v) is 14.4. The SMILES string of the molecule is CC/C=C/c1ccc(Cc2cccc([C@@H]3O[C@H](COCc4ccccc4)C(OCc4ccccc4)[C@H](OCc4ccccc4)[C@H]3OCc3ccccc3)c2)cc1. The highest BCUT2D eigenvalue weighted by atomic mass is 16.6. The van der Waals surface area contributed by atoms with Crippen LogP contribution in [0.15, 0.2) is 176 Å². The first-order chi connectivity index (χ1) is 27.7. The zero-order chi connectivity index (χ0) is 38.2.